The average molecular weight is 423 g/mol. The molecule has 0 aliphatic carbocycles. The van der Waals surface area contributed by atoms with Crippen molar-refractivity contribution in [2.45, 2.75) is 32.5 Å². The van der Waals surface area contributed by atoms with Crippen LogP contribution in [0.3, 0.4) is 0 Å². The summed E-state index contributed by atoms with van der Waals surface area (Å²) in [6.45, 7) is 3.47. The predicted octanol–water partition coefficient (Wildman–Crippen LogP) is 3.94. The summed E-state index contributed by atoms with van der Waals surface area (Å²) in [6, 6.07) is 20.5. The van der Waals surface area contributed by atoms with Crippen molar-refractivity contribution < 1.29 is 14.3 Å². The van der Waals surface area contributed by atoms with E-state index >= 15 is 0 Å². The number of benzene rings is 2. The van der Waals surface area contributed by atoms with E-state index in [-0.39, 0.29) is 11.8 Å². The van der Waals surface area contributed by atoms with Crippen molar-refractivity contribution >= 4 is 23.2 Å². The highest BCUT2D eigenvalue weighted by molar-refractivity contribution is 7.12. The summed E-state index contributed by atoms with van der Waals surface area (Å²) < 4.78 is 5.52. The number of thiophene rings is 1. The zero-order valence-electron chi connectivity index (χ0n) is 17.0. The number of hydrogen-bond donors (Lipinski definition) is 2. The van der Waals surface area contributed by atoms with Crippen molar-refractivity contribution in [3.63, 3.8) is 0 Å². The van der Waals surface area contributed by atoms with Crippen LogP contribution in [0.4, 0.5) is 0 Å². The summed E-state index contributed by atoms with van der Waals surface area (Å²) in [5.74, 6) is -0.451. The molecule has 0 bridgehead atoms. The zero-order chi connectivity index (χ0) is 21.2. The van der Waals surface area contributed by atoms with E-state index in [1.165, 1.54) is 11.3 Å². The zero-order valence-corrected chi connectivity index (χ0v) is 17.8. The van der Waals surface area contributed by atoms with E-state index in [9.17, 15) is 9.59 Å². The van der Waals surface area contributed by atoms with E-state index in [2.05, 4.69) is 10.6 Å². The van der Waals surface area contributed by atoms with Crippen LogP contribution < -0.4 is 10.6 Å². The van der Waals surface area contributed by atoms with Gasteiger partial charge in [0.25, 0.3) is 5.91 Å². The van der Waals surface area contributed by atoms with E-state index in [1.807, 2.05) is 73.0 Å². The molecule has 1 aromatic heterocycles. The Kier molecular flexibility index (Phi) is 8.18. The quantitative estimate of drug-likeness (QED) is 0.520. The van der Waals surface area contributed by atoms with Gasteiger partial charge < -0.3 is 15.4 Å². The Morgan fingerprint density at radius 3 is 2.40 bits per heavy atom. The second-order valence-electron chi connectivity index (χ2n) is 6.82. The van der Waals surface area contributed by atoms with Gasteiger partial charge in [0.1, 0.15) is 6.04 Å². The number of ether oxygens (including phenoxy) is 1. The normalized spacial score (nSPS) is 11.6. The van der Waals surface area contributed by atoms with Gasteiger partial charge in [-0.05, 0) is 35.1 Å². The SMILES string of the molecule is CCOCc1ccccc1CNC(=O)C(Cc1ccccc1)NC(=O)c1cccs1. The van der Waals surface area contributed by atoms with Crippen LogP contribution in [0.2, 0.25) is 0 Å². The molecular weight excluding hydrogens is 396 g/mol. The lowest BCUT2D eigenvalue weighted by molar-refractivity contribution is -0.123. The summed E-state index contributed by atoms with van der Waals surface area (Å²) >= 11 is 1.35. The minimum Gasteiger partial charge on any atom is -0.377 e. The van der Waals surface area contributed by atoms with Crippen molar-refractivity contribution in [3.05, 3.63) is 93.7 Å². The van der Waals surface area contributed by atoms with E-state index in [0.29, 0.717) is 31.1 Å². The smallest absolute Gasteiger partial charge is 0.262 e. The third-order valence-electron chi connectivity index (χ3n) is 4.68. The molecule has 0 radical (unpaired) electrons. The number of amides is 2. The van der Waals surface area contributed by atoms with E-state index in [1.54, 1.807) is 6.07 Å². The van der Waals surface area contributed by atoms with Crippen LogP contribution in [0.25, 0.3) is 0 Å². The van der Waals surface area contributed by atoms with Gasteiger partial charge in [0, 0.05) is 19.6 Å². The van der Waals surface area contributed by atoms with Crippen LogP contribution in [0, 0.1) is 0 Å². The van der Waals surface area contributed by atoms with Gasteiger partial charge in [-0.1, -0.05) is 60.7 Å². The number of rotatable bonds is 10. The van der Waals surface area contributed by atoms with Crippen LogP contribution in [-0.2, 0) is 29.1 Å². The van der Waals surface area contributed by atoms with Gasteiger partial charge in [0.2, 0.25) is 5.91 Å². The Morgan fingerprint density at radius 1 is 0.967 bits per heavy atom. The summed E-state index contributed by atoms with van der Waals surface area (Å²) in [4.78, 5) is 26.1. The molecule has 3 aromatic rings. The Morgan fingerprint density at radius 2 is 1.70 bits per heavy atom. The fraction of sp³-hybridized carbons (Fsp3) is 0.250. The van der Waals surface area contributed by atoms with Gasteiger partial charge in [0.05, 0.1) is 11.5 Å². The fourth-order valence-electron chi connectivity index (χ4n) is 3.08. The summed E-state index contributed by atoms with van der Waals surface area (Å²) in [7, 11) is 0. The maximum Gasteiger partial charge on any atom is 0.262 e. The molecule has 2 amide bonds. The summed E-state index contributed by atoms with van der Waals surface area (Å²) in [6.07, 6.45) is 0.421. The van der Waals surface area contributed by atoms with Gasteiger partial charge >= 0.3 is 0 Å². The molecule has 6 heteroatoms. The molecule has 1 heterocycles. The van der Waals surface area contributed by atoms with E-state index < -0.39 is 6.04 Å². The molecule has 0 aliphatic rings. The first-order chi connectivity index (χ1) is 14.7. The average Bonchev–Trinajstić information content (AvgIpc) is 3.32. The molecule has 1 atom stereocenters. The monoisotopic (exact) mass is 422 g/mol. The maximum atomic E-state index is 13.0. The molecule has 0 saturated heterocycles. The van der Waals surface area contributed by atoms with Gasteiger partial charge in [-0.15, -0.1) is 11.3 Å². The Labute approximate surface area is 181 Å². The minimum absolute atomic E-state index is 0.213. The second kappa shape index (κ2) is 11.3. The number of carbonyl (C=O) groups excluding carboxylic acids is 2. The highest BCUT2D eigenvalue weighted by atomic mass is 32.1. The Balaban J connectivity index is 1.69. The van der Waals surface area contributed by atoms with Gasteiger partial charge in [0.15, 0.2) is 0 Å². The summed E-state index contributed by atoms with van der Waals surface area (Å²) in [5, 5.41) is 7.71. The second-order valence-corrected chi connectivity index (χ2v) is 7.76. The lowest BCUT2D eigenvalue weighted by Gasteiger charge is -2.19. The van der Waals surface area contributed by atoms with Crippen molar-refractivity contribution in [2.24, 2.45) is 0 Å². The molecular formula is C24H26N2O3S. The van der Waals surface area contributed by atoms with Gasteiger partial charge in [-0.3, -0.25) is 9.59 Å². The molecule has 0 spiro atoms. The van der Waals surface area contributed by atoms with E-state index in [4.69, 9.17) is 4.74 Å². The van der Waals surface area contributed by atoms with Crippen molar-refractivity contribution in [1.82, 2.24) is 10.6 Å². The van der Waals surface area contributed by atoms with Crippen LogP contribution in [0.15, 0.2) is 72.1 Å². The molecule has 0 saturated carbocycles. The highest BCUT2D eigenvalue weighted by Crippen LogP contribution is 2.12. The fourth-order valence-corrected chi connectivity index (χ4v) is 3.71. The third-order valence-corrected chi connectivity index (χ3v) is 5.55. The van der Waals surface area contributed by atoms with Crippen LogP contribution in [-0.4, -0.2) is 24.5 Å². The number of carbonyl (C=O) groups is 2. The lowest BCUT2D eigenvalue weighted by atomic mass is 10.0. The highest BCUT2D eigenvalue weighted by Gasteiger charge is 2.22. The maximum absolute atomic E-state index is 13.0. The van der Waals surface area contributed by atoms with Crippen molar-refractivity contribution in [1.29, 1.82) is 0 Å². The van der Waals surface area contributed by atoms with E-state index in [0.717, 1.165) is 16.7 Å². The first-order valence-corrected chi connectivity index (χ1v) is 10.9. The number of nitrogens with one attached hydrogen (secondary N) is 2. The topological polar surface area (TPSA) is 67.4 Å². The lowest BCUT2D eigenvalue weighted by Crippen LogP contribution is -2.47. The standard InChI is InChI=1S/C24H26N2O3S/c1-2-29-17-20-12-7-6-11-19(20)16-25-23(27)21(15-18-9-4-3-5-10-18)26-24(28)22-13-8-14-30-22/h3-14,21H,2,15-17H2,1H3,(H,25,27)(H,26,28). The third kappa shape index (κ3) is 6.27. The number of hydrogen-bond acceptors (Lipinski definition) is 4. The van der Waals surface area contributed by atoms with Crippen LogP contribution in [0.5, 0.6) is 0 Å². The molecule has 1 unspecified atom stereocenters. The first kappa shape index (κ1) is 21.7. The molecule has 0 aliphatic heterocycles. The molecule has 5 nitrogen and oxygen atoms in total. The molecule has 2 N–H and O–H groups in total. The van der Waals surface area contributed by atoms with Crippen molar-refractivity contribution in [3.8, 4) is 0 Å². The summed E-state index contributed by atoms with van der Waals surface area (Å²) in [5.41, 5.74) is 3.03. The Bertz CT molecular complexity index is 942. The molecule has 0 fully saturated rings. The minimum atomic E-state index is -0.666. The molecule has 3 rings (SSSR count). The van der Waals surface area contributed by atoms with Gasteiger partial charge in [-0.25, -0.2) is 0 Å². The molecule has 2 aromatic carbocycles. The Hall–Kier alpha value is -2.96. The van der Waals surface area contributed by atoms with Crippen LogP contribution >= 0.6 is 11.3 Å². The van der Waals surface area contributed by atoms with Gasteiger partial charge in [-0.2, -0.15) is 0 Å². The molecule has 30 heavy (non-hydrogen) atoms. The molecule has 156 valence electrons. The first-order valence-electron chi connectivity index (χ1n) is 9.98. The largest absolute Gasteiger partial charge is 0.377 e. The predicted molar refractivity (Wildman–Crippen MR) is 119 cm³/mol. The van der Waals surface area contributed by atoms with Crippen LogP contribution in [0.1, 0.15) is 33.3 Å². The van der Waals surface area contributed by atoms with Crippen molar-refractivity contribution in [2.75, 3.05) is 6.61 Å².